The number of ether oxygens (including phenoxy) is 1. The van der Waals surface area contributed by atoms with E-state index < -0.39 is 0 Å². The molecule has 0 amide bonds. The van der Waals surface area contributed by atoms with E-state index in [9.17, 15) is 4.39 Å². The number of hydrogen-bond donors (Lipinski definition) is 0. The number of hydrogen-bond acceptors (Lipinski definition) is 1. The summed E-state index contributed by atoms with van der Waals surface area (Å²) >= 11 is 0. The molecule has 1 aromatic rings. The van der Waals surface area contributed by atoms with Crippen LogP contribution < -0.4 is 4.74 Å². The molecule has 0 N–H and O–H groups in total. The van der Waals surface area contributed by atoms with Crippen LogP contribution in [0.5, 0.6) is 5.75 Å². The number of rotatable bonds is 0. The van der Waals surface area contributed by atoms with Crippen molar-refractivity contribution in [2.75, 3.05) is 6.61 Å². The Morgan fingerprint density at radius 1 is 1.33 bits per heavy atom. The van der Waals surface area contributed by atoms with Crippen LogP contribution in [0, 0.1) is 17.7 Å². The first-order valence-electron chi connectivity index (χ1n) is 5.59. The minimum absolute atomic E-state index is 0.148. The van der Waals surface area contributed by atoms with Crippen molar-refractivity contribution in [1.29, 1.82) is 0 Å². The second kappa shape index (κ2) is 2.75. The maximum Gasteiger partial charge on any atom is 0.123 e. The predicted molar refractivity (Wildman–Crippen MR) is 56.5 cm³/mol. The van der Waals surface area contributed by atoms with Gasteiger partial charge in [-0.2, -0.15) is 0 Å². The molecule has 3 rings (SSSR count). The van der Waals surface area contributed by atoms with E-state index in [1.165, 1.54) is 6.07 Å². The summed E-state index contributed by atoms with van der Waals surface area (Å²) in [6.45, 7) is 5.28. The van der Waals surface area contributed by atoms with E-state index in [-0.39, 0.29) is 11.2 Å². The molecule has 1 aliphatic heterocycles. The fourth-order valence-electron chi connectivity index (χ4n) is 3.26. The number of fused-ring (bicyclic) bond motifs is 2. The van der Waals surface area contributed by atoms with Gasteiger partial charge in [-0.1, -0.05) is 13.8 Å². The molecule has 2 aliphatic rings. The van der Waals surface area contributed by atoms with Crippen molar-refractivity contribution in [3.05, 3.63) is 29.6 Å². The highest BCUT2D eigenvalue weighted by molar-refractivity contribution is 5.47. The van der Waals surface area contributed by atoms with Gasteiger partial charge in [0, 0.05) is 11.0 Å². The van der Waals surface area contributed by atoms with Crippen molar-refractivity contribution in [3.63, 3.8) is 0 Å². The molecule has 0 bridgehead atoms. The lowest BCUT2D eigenvalue weighted by molar-refractivity contribution is 0.249. The largest absolute Gasteiger partial charge is 0.493 e. The van der Waals surface area contributed by atoms with Gasteiger partial charge in [0.15, 0.2) is 0 Å². The summed E-state index contributed by atoms with van der Waals surface area (Å²) in [7, 11) is 0. The second-order valence-electron chi connectivity index (χ2n) is 4.86. The third-order valence-corrected chi connectivity index (χ3v) is 4.48. The lowest BCUT2D eigenvalue weighted by Crippen LogP contribution is -2.22. The molecule has 80 valence electrons. The van der Waals surface area contributed by atoms with Gasteiger partial charge in [-0.15, -0.1) is 0 Å². The molecule has 2 heteroatoms. The fourth-order valence-corrected chi connectivity index (χ4v) is 3.26. The molecule has 1 saturated carbocycles. The normalized spacial score (nSPS) is 37.3. The lowest BCUT2D eigenvalue weighted by atomic mass is 9.86. The van der Waals surface area contributed by atoms with Crippen molar-refractivity contribution >= 4 is 0 Å². The number of halogens is 1. The molecule has 0 radical (unpaired) electrons. The molecule has 1 aliphatic carbocycles. The summed E-state index contributed by atoms with van der Waals surface area (Å²) in [6.07, 6.45) is 1.03. The highest BCUT2D eigenvalue weighted by atomic mass is 19.1. The van der Waals surface area contributed by atoms with Crippen LogP contribution in [0.15, 0.2) is 18.2 Å². The van der Waals surface area contributed by atoms with Gasteiger partial charge >= 0.3 is 0 Å². The molecule has 0 aromatic heterocycles. The smallest absolute Gasteiger partial charge is 0.123 e. The lowest BCUT2D eigenvalue weighted by Gasteiger charge is -2.27. The summed E-state index contributed by atoms with van der Waals surface area (Å²) in [5, 5.41) is 0. The van der Waals surface area contributed by atoms with Crippen LogP contribution in [0.4, 0.5) is 4.39 Å². The Kier molecular flexibility index (Phi) is 1.68. The minimum Gasteiger partial charge on any atom is -0.493 e. The van der Waals surface area contributed by atoms with Crippen molar-refractivity contribution < 1.29 is 9.13 Å². The summed E-state index contributed by atoms with van der Waals surface area (Å²) in [4.78, 5) is 0. The zero-order valence-corrected chi connectivity index (χ0v) is 9.09. The summed E-state index contributed by atoms with van der Waals surface area (Å²) in [6, 6.07) is 4.91. The molecular weight excluding hydrogens is 191 g/mol. The fraction of sp³-hybridized carbons (Fsp3) is 0.538. The van der Waals surface area contributed by atoms with Crippen LogP contribution >= 0.6 is 0 Å². The van der Waals surface area contributed by atoms with E-state index in [4.69, 9.17) is 4.74 Å². The first-order chi connectivity index (χ1) is 7.16. The zero-order chi connectivity index (χ0) is 10.6. The van der Waals surface area contributed by atoms with Crippen molar-refractivity contribution in [3.8, 4) is 5.75 Å². The van der Waals surface area contributed by atoms with Crippen LogP contribution in [-0.2, 0) is 5.41 Å². The maximum absolute atomic E-state index is 13.3. The van der Waals surface area contributed by atoms with Gasteiger partial charge in [-0.05, 0) is 36.5 Å². The molecule has 15 heavy (non-hydrogen) atoms. The summed E-state index contributed by atoms with van der Waals surface area (Å²) in [5.74, 6) is 2.05. The Morgan fingerprint density at radius 2 is 2.07 bits per heavy atom. The van der Waals surface area contributed by atoms with Gasteiger partial charge in [-0.3, -0.25) is 0 Å². The molecule has 1 nitrogen and oxygen atoms in total. The highest BCUT2D eigenvalue weighted by Gasteiger charge is 2.61. The van der Waals surface area contributed by atoms with E-state index in [0.29, 0.717) is 11.8 Å². The summed E-state index contributed by atoms with van der Waals surface area (Å²) in [5.41, 5.74) is 1.30. The molecule has 1 heterocycles. The molecule has 2 unspecified atom stereocenters. The SMILES string of the molecule is CC1C(C)C12CCOc1ccc(F)cc12. The van der Waals surface area contributed by atoms with Gasteiger partial charge in [-0.25, -0.2) is 4.39 Å². The Labute approximate surface area is 89.3 Å². The van der Waals surface area contributed by atoms with Crippen LogP contribution in [0.1, 0.15) is 25.8 Å². The predicted octanol–water partition coefficient (Wildman–Crippen LogP) is 3.13. The average molecular weight is 206 g/mol. The highest BCUT2D eigenvalue weighted by Crippen LogP contribution is 2.64. The first-order valence-corrected chi connectivity index (χ1v) is 5.59. The summed E-state index contributed by atoms with van der Waals surface area (Å²) < 4.78 is 18.8. The molecule has 1 fully saturated rings. The van der Waals surface area contributed by atoms with Crippen LogP contribution in [-0.4, -0.2) is 6.61 Å². The van der Waals surface area contributed by atoms with Gasteiger partial charge in [0.05, 0.1) is 6.61 Å². The molecule has 1 spiro atoms. The molecular formula is C13H15FO. The standard InChI is InChI=1S/C13H15FO/c1-8-9(2)13(8)5-6-15-12-4-3-10(14)7-11(12)13/h3-4,7-9H,5-6H2,1-2H3. The van der Waals surface area contributed by atoms with Crippen molar-refractivity contribution in [2.24, 2.45) is 11.8 Å². The van der Waals surface area contributed by atoms with Crippen LogP contribution in [0.25, 0.3) is 0 Å². The van der Waals surface area contributed by atoms with E-state index >= 15 is 0 Å². The van der Waals surface area contributed by atoms with Crippen LogP contribution in [0.3, 0.4) is 0 Å². The Balaban J connectivity index is 2.15. The zero-order valence-electron chi connectivity index (χ0n) is 9.09. The van der Waals surface area contributed by atoms with E-state index in [2.05, 4.69) is 13.8 Å². The van der Waals surface area contributed by atoms with E-state index in [0.717, 1.165) is 24.3 Å². The molecule has 0 saturated heterocycles. The van der Waals surface area contributed by atoms with Crippen molar-refractivity contribution in [2.45, 2.75) is 25.7 Å². The average Bonchev–Trinajstić information content (AvgIpc) is 2.74. The quantitative estimate of drug-likeness (QED) is 0.633. The first kappa shape index (κ1) is 9.20. The maximum atomic E-state index is 13.3. The van der Waals surface area contributed by atoms with Gasteiger partial charge in [0.1, 0.15) is 11.6 Å². The topological polar surface area (TPSA) is 9.23 Å². The van der Waals surface area contributed by atoms with Crippen LogP contribution in [0.2, 0.25) is 0 Å². The third kappa shape index (κ3) is 1.02. The Morgan fingerprint density at radius 3 is 2.73 bits per heavy atom. The van der Waals surface area contributed by atoms with Gasteiger partial charge < -0.3 is 4.74 Å². The number of benzene rings is 1. The van der Waals surface area contributed by atoms with E-state index in [1.807, 2.05) is 0 Å². The second-order valence-corrected chi connectivity index (χ2v) is 4.86. The molecule has 2 atom stereocenters. The minimum atomic E-state index is -0.148. The van der Waals surface area contributed by atoms with Gasteiger partial charge in [0.25, 0.3) is 0 Å². The van der Waals surface area contributed by atoms with Crippen molar-refractivity contribution in [1.82, 2.24) is 0 Å². The monoisotopic (exact) mass is 206 g/mol. The van der Waals surface area contributed by atoms with E-state index in [1.54, 1.807) is 12.1 Å². The van der Waals surface area contributed by atoms with Gasteiger partial charge in [0.2, 0.25) is 0 Å². The Hall–Kier alpha value is -1.05. The third-order valence-electron chi connectivity index (χ3n) is 4.48. The Bertz CT molecular complexity index is 405. The molecule has 1 aromatic carbocycles.